The van der Waals surface area contributed by atoms with Gasteiger partial charge in [-0.3, -0.25) is 0 Å². The molecule has 5 rings (SSSR count). The van der Waals surface area contributed by atoms with Crippen LogP contribution in [0, 0.1) is 58.1 Å². The lowest BCUT2D eigenvalue weighted by atomic mass is 9.42. The Balaban J connectivity index is 1.28. The molecule has 4 aliphatic carbocycles. The standard InChI is InChI=1S/C33H49F3O4/c1-19(7-5-9-27(39)29-25(34)8-6-10-28(29)40-4)21-11-12-22-30-23(13-15-31(21,22)2)32(3)16-14-26(38)20(18-37)24(32)17-33(30,35)36/h6,8,10,19-24,26-27,30,37-39H,5,7,9,11-18H2,1-4H3/t19-,20?,21-,22+,23+,24+,26+,27?,30+,31-,32-/m1/s1. The van der Waals surface area contributed by atoms with Crippen LogP contribution >= 0.6 is 0 Å². The Morgan fingerprint density at radius 2 is 1.70 bits per heavy atom. The topological polar surface area (TPSA) is 69.9 Å². The molecule has 40 heavy (non-hydrogen) atoms. The molecule has 0 spiro atoms. The molecule has 0 saturated heterocycles. The van der Waals surface area contributed by atoms with Gasteiger partial charge in [-0.05, 0) is 97.5 Å². The van der Waals surface area contributed by atoms with Crippen molar-refractivity contribution in [1.29, 1.82) is 0 Å². The van der Waals surface area contributed by atoms with Gasteiger partial charge in [-0.2, -0.15) is 0 Å². The van der Waals surface area contributed by atoms with Crippen molar-refractivity contribution in [3.05, 3.63) is 29.6 Å². The molecule has 0 amide bonds. The molecule has 0 bridgehead atoms. The van der Waals surface area contributed by atoms with Crippen molar-refractivity contribution in [2.75, 3.05) is 13.7 Å². The van der Waals surface area contributed by atoms with Crippen LogP contribution in [0.2, 0.25) is 0 Å². The number of ether oxygens (including phenoxy) is 1. The summed E-state index contributed by atoms with van der Waals surface area (Å²) in [6.45, 7) is 6.43. The van der Waals surface area contributed by atoms with Gasteiger partial charge in [0.1, 0.15) is 11.6 Å². The molecule has 226 valence electrons. The average molecular weight is 567 g/mol. The highest BCUT2D eigenvalue weighted by Crippen LogP contribution is 2.71. The molecular formula is C33H49F3O4. The van der Waals surface area contributed by atoms with Crippen LogP contribution in [-0.4, -0.2) is 41.1 Å². The number of hydrogen-bond acceptors (Lipinski definition) is 4. The Kier molecular flexibility index (Phi) is 8.35. The van der Waals surface area contributed by atoms with Crippen LogP contribution in [0.3, 0.4) is 0 Å². The van der Waals surface area contributed by atoms with E-state index in [9.17, 15) is 19.7 Å². The summed E-state index contributed by atoms with van der Waals surface area (Å²) in [6, 6.07) is 4.56. The molecule has 1 aromatic carbocycles. The summed E-state index contributed by atoms with van der Waals surface area (Å²) in [6.07, 6.45) is 4.97. The van der Waals surface area contributed by atoms with Gasteiger partial charge in [0.25, 0.3) is 5.92 Å². The molecule has 4 saturated carbocycles. The first kappa shape index (κ1) is 30.2. The molecule has 0 aromatic heterocycles. The zero-order valence-electron chi connectivity index (χ0n) is 24.6. The lowest BCUT2D eigenvalue weighted by molar-refractivity contribution is -0.252. The summed E-state index contributed by atoms with van der Waals surface area (Å²) in [7, 11) is 1.47. The van der Waals surface area contributed by atoms with Gasteiger partial charge >= 0.3 is 0 Å². The van der Waals surface area contributed by atoms with Crippen molar-refractivity contribution in [2.45, 2.75) is 103 Å². The van der Waals surface area contributed by atoms with E-state index < -0.39 is 35.8 Å². The second-order valence-electron chi connectivity index (χ2n) is 14.3. The summed E-state index contributed by atoms with van der Waals surface area (Å²) in [5.74, 6) is -3.81. The largest absolute Gasteiger partial charge is 0.496 e. The first-order valence-corrected chi connectivity index (χ1v) is 15.6. The van der Waals surface area contributed by atoms with Crippen LogP contribution in [-0.2, 0) is 0 Å². The fraction of sp³-hybridized carbons (Fsp3) is 0.818. The second-order valence-corrected chi connectivity index (χ2v) is 14.3. The normalized spacial score (nSPS) is 41.9. The molecule has 0 aliphatic heterocycles. The van der Waals surface area contributed by atoms with E-state index in [2.05, 4.69) is 20.8 Å². The molecule has 4 aliphatic rings. The van der Waals surface area contributed by atoms with Gasteiger partial charge in [-0.1, -0.05) is 39.7 Å². The highest BCUT2D eigenvalue weighted by molar-refractivity contribution is 5.36. The molecule has 0 radical (unpaired) electrons. The SMILES string of the molecule is COc1cccc(F)c1C(O)CCC[C@@H](C)[C@H]1CC[C@H]2[C@H]3[C@H](CC[C@]12C)[C@@]1(C)CC[C@H](O)C(CO)[C@@H]1CC3(F)F. The van der Waals surface area contributed by atoms with Gasteiger partial charge in [0.05, 0.1) is 24.9 Å². The van der Waals surface area contributed by atoms with Crippen LogP contribution in [0.5, 0.6) is 5.75 Å². The Labute approximate surface area is 237 Å². The van der Waals surface area contributed by atoms with E-state index in [4.69, 9.17) is 4.74 Å². The van der Waals surface area contributed by atoms with Crippen molar-refractivity contribution in [3.8, 4) is 5.75 Å². The molecule has 2 unspecified atom stereocenters. The smallest absolute Gasteiger partial charge is 0.251 e. The minimum absolute atomic E-state index is 0.0285. The Bertz CT molecular complexity index is 1050. The predicted octanol–water partition coefficient (Wildman–Crippen LogP) is 7.16. The monoisotopic (exact) mass is 566 g/mol. The van der Waals surface area contributed by atoms with Crippen LogP contribution in [0.15, 0.2) is 18.2 Å². The molecular weight excluding hydrogens is 517 g/mol. The van der Waals surface area contributed by atoms with Gasteiger partial charge in [0, 0.05) is 24.9 Å². The van der Waals surface area contributed by atoms with Gasteiger partial charge in [0.15, 0.2) is 0 Å². The average Bonchev–Trinajstić information content (AvgIpc) is 3.26. The summed E-state index contributed by atoms with van der Waals surface area (Å²) in [4.78, 5) is 0. The van der Waals surface area contributed by atoms with Crippen LogP contribution < -0.4 is 4.74 Å². The van der Waals surface area contributed by atoms with Gasteiger partial charge < -0.3 is 20.1 Å². The number of aliphatic hydroxyl groups excluding tert-OH is 3. The molecule has 4 nitrogen and oxygen atoms in total. The third-order valence-corrected chi connectivity index (χ3v) is 12.6. The van der Waals surface area contributed by atoms with Crippen molar-refractivity contribution in [2.24, 2.45) is 52.3 Å². The van der Waals surface area contributed by atoms with E-state index in [0.717, 1.165) is 44.9 Å². The number of alkyl halides is 2. The fourth-order valence-corrected chi connectivity index (χ4v) is 10.6. The maximum absolute atomic E-state index is 16.2. The second kappa shape index (κ2) is 11.1. The minimum Gasteiger partial charge on any atom is -0.496 e. The van der Waals surface area contributed by atoms with E-state index in [-0.39, 0.29) is 47.2 Å². The van der Waals surface area contributed by atoms with Crippen molar-refractivity contribution in [3.63, 3.8) is 0 Å². The van der Waals surface area contributed by atoms with Crippen LogP contribution in [0.1, 0.15) is 96.6 Å². The summed E-state index contributed by atoms with van der Waals surface area (Å²) >= 11 is 0. The van der Waals surface area contributed by atoms with Crippen molar-refractivity contribution < 1.29 is 33.2 Å². The number of fused-ring (bicyclic) bond motifs is 5. The highest BCUT2D eigenvalue weighted by Gasteiger charge is 2.69. The van der Waals surface area contributed by atoms with Crippen LogP contribution in [0.4, 0.5) is 13.2 Å². The van der Waals surface area contributed by atoms with E-state index in [1.54, 1.807) is 12.1 Å². The van der Waals surface area contributed by atoms with Gasteiger partial charge in [0.2, 0.25) is 0 Å². The first-order valence-electron chi connectivity index (χ1n) is 15.6. The molecule has 0 heterocycles. The lowest BCUT2D eigenvalue weighted by Gasteiger charge is -2.64. The highest BCUT2D eigenvalue weighted by atomic mass is 19.3. The van der Waals surface area contributed by atoms with Crippen molar-refractivity contribution >= 4 is 0 Å². The number of aliphatic hydroxyl groups is 3. The minimum atomic E-state index is -2.80. The lowest BCUT2D eigenvalue weighted by Crippen LogP contribution is -2.63. The Morgan fingerprint density at radius 3 is 2.40 bits per heavy atom. The summed E-state index contributed by atoms with van der Waals surface area (Å²) < 4.78 is 52.0. The molecule has 1 aromatic rings. The summed E-state index contributed by atoms with van der Waals surface area (Å²) in [5.41, 5.74) is -0.215. The fourth-order valence-electron chi connectivity index (χ4n) is 10.6. The zero-order valence-corrected chi connectivity index (χ0v) is 24.6. The molecule has 11 atom stereocenters. The number of benzene rings is 1. The predicted molar refractivity (Wildman–Crippen MR) is 148 cm³/mol. The third kappa shape index (κ3) is 4.80. The van der Waals surface area contributed by atoms with Crippen LogP contribution in [0.25, 0.3) is 0 Å². The van der Waals surface area contributed by atoms with Gasteiger partial charge in [-0.25, -0.2) is 13.2 Å². The number of halogens is 3. The maximum Gasteiger partial charge on any atom is 0.251 e. The number of hydrogen-bond donors (Lipinski definition) is 3. The first-order chi connectivity index (χ1) is 18.9. The number of methoxy groups -OCH3 is 1. The Morgan fingerprint density at radius 1 is 1.00 bits per heavy atom. The zero-order chi connectivity index (χ0) is 29.0. The van der Waals surface area contributed by atoms with Gasteiger partial charge in [-0.15, -0.1) is 0 Å². The molecule has 7 heteroatoms. The van der Waals surface area contributed by atoms with E-state index in [0.29, 0.717) is 30.4 Å². The third-order valence-electron chi connectivity index (χ3n) is 12.6. The van der Waals surface area contributed by atoms with E-state index in [1.807, 2.05) is 0 Å². The molecule has 4 fully saturated rings. The maximum atomic E-state index is 16.2. The summed E-state index contributed by atoms with van der Waals surface area (Å²) in [5, 5.41) is 31.3. The van der Waals surface area contributed by atoms with Crippen molar-refractivity contribution in [1.82, 2.24) is 0 Å². The van der Waals surface area contributed by atoms with E-state index >= 15 is 8.78 Å². The number of rotatable bonds is 8. The van der Waals surface area contributed by atoms with E-state index in [1.165, 1.54) is 13.2 Å². The quantitative estimate of drug-likeness (QED) is 0.312. The Hall–Kier alpha value is -1.31. The molecule has 3 N–H and O–H groups in total.